The van der Waals surface area contributed by atoms with Crippen LogP contribution in [0.15, 0.2) is 0 Å². The number of Topliss-reactive ketones (excluding diaryl/α,β-unsaturated/α-hetero) is 1. The van der Waals surface area contributed by atoms with Gasteiger partial charge in [0.15, 0.2) is 0 Å². The molecule has 0 radical (unpaired) electrons. The van der Waals surface area contributed by atoms with E-state index in [0.29, 0.717) is 17.6 Å². The summed E-state index contributed by atoms with van der Waals surface area (Å²) in [5, 5.41) is 0. The summed E-state index contributed by atoms with van der Waals surface area (Å²) in [6.07, 6.45) is 12.7. The highest BCUT2D eigenvalue weighted by atomic mass is 16.1. The zero-order valence-electron chi connectivity index (χ0n) is 12.3. The van der Waals surface area contributed by atoms with Crippen LogP contribution in [-0.4, -0.2) is 5.78 Å². The minimum absolute atomic E-state index is 0.395. The maximum atomic E-state index is 12.5. The van der Waals surface area contributed by atoms with E-state index in [1.165, 1.54) is 44.9 Å². The van der Waals surface area contributed by atoms with Gasteiger partial charge in [-0.1, -0.05) is 52.4 Å². The molecule has 0 heterocycles. The van der Waals surface area contributed by atoms with Crippen LogP contribution in [0.25, 0.3) is 0 Å². The van der Waals surface area contributed by atoms with Gasteiger partial charge >= 0.3 is 0 Å². The van der Waals surface area contributed by atoms with Crippen LogP contribution in [0, 0.1) is 23.7 Å². The maximum absolute atomic E-state index is 12.5. The van der Waals surface area contributed by atoms with Crippen molar-refractivity contribution in [2.24, 2.45) is 23.7 Å². The standard InChI is InChI=1S/C17H30O/c1-13-9-14(2)11-16(10-13)17(18)12-15-7-5-3-4-6-8-15/h13-16H,3-12H2,1-2H3. The smallest absolute Gasteiger partial charge is 0.136 e. The molecule has 0 aromatic carbocycles. The number of carbonyl (C=O) groups excluding carboxylic acids is 1. The van der Waals surface area contributed by atoms with Crippen LogP contribution in [0.2, 0.25) is 0 Å². The summed E-state index contributed by atoms with van der Waals surface area (Å²) in [5.74, 6) is 3.23. The number of rotatable bonds is 3. The van der Waals surface area contributed by atoms with Gasteiger partial charge in [-0.05, 0) is 37.0 Å². The first-order valence-corrected chi connectivity index (χ1v) is 8.18. The molecule has 0 spiro atoms. The predicted molar refractivity (Wildman–Crippen MR) is 76.5 cm³/mol. The fourth-order valence-corrected chi connectivity index (χ4v) is 4.23. The van der Waals surface area contributed by atoms with Gasteiger partial charge in [-0.25, -0.2) is 0 Å². The lowest BCUT2D eigenvalue weighted by atomic mass is 9.73. The molecular formula is C17H30O. The second-order valence-corrected chi connectivity index (χ2v) is 7.14. The second-order valence-electron chi connectivity index (χ2n) is 7.14. The molecule has 0 amide bonds. The first-order chi connectivity index (χ1) is 8.65. The average Bonchev–Trinajstić information content (AvgIpc) is 2.56. The molecule has 2 aliphatic rings. The van der Waals surface area contributed by atoms with E-state index >= 15 is 0 Å². The highest BCUT2D eigenvalue weighted by molar-refractivity contribution is 5.81. The van der Waals surface area contributed by atoms with Crippen molar-refractivity contribution in [3.05, 3.63) is 0 Å². The fourth-order valence-electron chi connectivity index (χ4n) is 4.23. The highest BCUT2D eigenvalue weighted by Crippen LogP contribution is 2.35. The van der Waals surface area contributed by atoms with Crippen LogP contribution < -0.4 is 0 Å². The second kappa shape index (κ2) is 6.73. The summed E-state index contributed by atoms with van der Waals surface area (Å²) < 4.78 is 0. The van der Waals surface area contributed by atoms with Gasteiger partial charge < -0.3 is 0 Å². The molecule has 1 nitrogen and oxygen atoms in total. The van der Waals surface area contributed by atoms with E-state index in [1.54, 1.807) is 0 Å². The van der Waals surface area contributed by atoms with Crippen molar-refractivity contribution >= 4 is 5.78 Å². The van der Waals surface area contributed by atoms with E-state index in [4.69, 9.17) is 0 Å². The Hall–Kier alpha value is -0.330. The fraction of sp³-hybridized carbons (Fsp3) is 0.941. The van der Waals surface area contributed by atoms with Crippen LogP contribution in [0.4, 0.5) is 0 Å². The van der Waals surface area contributed by atoms with Crippen LogP contribution >= 0.6 is 0 Å². The Kier molecular flexibility index (Phi) is 5.26. The van der Waals surface area contributed by atoms with Gasteiger partial charge in [0.05, 0.1) is 0 Å². The SMILES string of the molecule is CC1CC(C)CC(C(=O)CC2CCCCCC2)C1. The minimum atomic E-state index is 0.395. The van der Waals surface area contributed by atoms with E-state index in [-0.39, 0.29) is 0 Å². The summed E-state index contributed by atoms with van der Waals surface area (Å²) in [4.78, 5) is 12.5. The molecule has 2 unspecified atom stereocenters. The van der Waals surface area contributed by atoms with Crippen LogP contribution in [0.5, 0.6) is 0 Å². The monoisotopic (exact) mass is 250 g/mol. The van der Waals surface area contributed by atoms with Crippen molar-refractivity contribution in [2.75, 3.05) is 0 Å². The summed E-state index contributed by atoms with van der Waals surface area (Å²) >= 11 is 0. The molecule has 0 aromatic heterocycles. The Bertz CT molecular complexity index is 253. The average molecular weight is 250 g/mol. The lowest BCUT2D eigenvalue weighted by Crippen LogP contribution is -2.27. The summed E-state index contributed by atoms with van der Waals surface area (Å²) in [5.41, 5.74) is 0. The van der Waals surface area contributed by atoms with Crippen molar-refractivity contribution in [1.29, 1.82) is 0 Å². The van der Waals surface area contributed by atoms with Crippen LogP contribution in [-0.2, 0) is 4.79 Å². The molecular weight excluding hydrogens is 220 g/mol. The molecule has 2 atom stereocenters. The first-order valence-electron chi connectivity index (χ1n) is 8.18. The molecule has 0 aromatic rings. The minimum Gasteiger partial charge on any atom is -0.299 e. The van der Waals surface area contributed by atoms with E-state index in [1.807, 2.05) is 0 Å². The topological polar surface area (TPSA) is 17.1 Å². The van der Waals surface area contributed by atoms with Gasteiger partial charge in [0, 0.05) is 12.3 Å². The lowest BCUT2D eigenvalue weighted by Gasteiger charge is -2.31. The predicted octanol–water partition coefficient (Wildman–Crippen LogP) is 4.99. The van der Waals surface area contributed by atoms with Gasteiger partial charge in [0.25, 0.3) is 0 Å². The Morgan fingerprint density at radius 2 is 1.44 bits per heavy atom. The third kappa shape index (κ3) is 4.10. The molecule has 2 saturated carbocycles. The van der Waals surface area contributed by atoms with E-state index in [0.717, 1.165) is 31.1 Å². The van der Waals surface area contributed by atoms with Crippen molar-refractivity contribution in [1.82, 2.24) is 0 Å². The van der Waals surface area contributed by atoms with E-state index in [2.05, 4.69) is 13.8 Å². The Morgan fingerprint density at radius 1 is 0.889 bits per heavy atom. The molecule has 104 valence electrons. The Balaban J connectivity index is 1.82. The molecule has 2 fully saturated rings. The Labute approximate surface area is 113 Å². The molecule has 0 N–H and O–H groups in total. The van der Waals surface area contributed by atoms with Gasteiger partial charge in [-0.3, -0.25) is 4.79 Å². The number of ketones is 1. The summed E-state index contributed by atoms with van der Waals surface area (Å²) in [6.45, 7) is 4.64. The third-order valence-electron chi connectivity index (χ3n) is 5.10. The first kappa shape index (κ1) is 14.1. The zero-order chi connectivity index (χ0) is 13.0. The normalized spacial score (nSPS) is 35.1. The molecule has 0 saturated heterocycles. The van der Waals surface area contributed by atoms with Gasteiger partial charge in [0.2, 0.25) is 0 Å². The summed E-state index contributed by atoms with van der Waals surface area (Å²) in [7, 11) is 0. The molecule has 2 aliphatic carbocycles. The van der Waals surface area contributed by atoms with Crippen molar-refractivity contribution < 1.29 is 4.79 Å². The van der Waals surface area contributed by atoms with E-state index in [9.17, 15) is 4.79 Å². The largest absolute Gasteiger partial charge is 0.299 e. The van der Waals surface area contributed by atoms with Crippen molar-refractivity contribution in [3.63, 3.8) is 0 Å². The van der Waals surface area contributed by atoms with Crippen molar-refractivity contribution in [3.8, 4) is 0 Å². The number of hydrogen-bond donors (Lipinski definition) is 0. The van der Waals surface area contributed by atoms with Gasteiger partial charge in [-0.15, -0.1) is 0 Å². The van der Waals surface area contributed by atoms with Gasteiger partial charge in [-0.2, -0.15) is 0 Å². The lowest BCUT2D eigenvalue weighted by molar-refractivity contribution is -0.125. The van der Waals surface area contributed by atoms with E-state index < -0.39 is 0 Å². The third-order valence-corrected chi connectivity index (χ3v) is 5.10. The maximum Gasteiger partial charge on any atom is 0.136 e. The molecule has 0 bridgehead atoms. The number of hydrogen-bond acceptors (Lipinski definition) is 1. The van der Waals surface area contributed by atoms with Crippen LogP contribution in [0.3, 0.4) is 0 Å². The number of carbonyl (C=O) groups is 1. The molecule has 2 rings (SSSR count). The Morgan fingerprint density at radius 3 is 2.00 bits per heavy atom. The molecule has 1 heteroatoms. The molecule has 18 heavy (non-hydrogen) atoms. The van der Waals surface area contributed by atoms with Gasteiger partial charge in [0.1, 0.15) is 5.78 Å². The highest BCUT2D eigenvalue weighted by Gasteiger charge is 2.30. The quantitative estimate of drug-likeness (QED) is 0.645. The van der Waals surface area contributed by atoms with Crippen LogP contribution in [0.1, 0.15) is 78.1 Å². The summed E-state index contributed by atoms with van der Waals surface area (Å²) in [6, 6.07) is 0. The van der Waals surface area contributed by atoms with Crippen molar-refractivity contribution in [2.45, 2.75) is 78.1 Å². The zero-order valence-corrected chi connectivity index (χ0v) is 12.3. The molecule has 0 aliphatic heterocycles.